The van der Waals surface area contributed by atoms with Gasteiger partial charge in [0, 0.05) is 0 Å². The van der Waals surface area contributed by atoms with Gasteiger partial charge in [-0.05, 0) is 12.8 Å². The van der Waals surface area contributed by atoms with Crippen LogP contribution in [-0.2, 0) is 5.54 Å². The van der Waals surface area contributed by atoms with Gasteiger partial charge in [0.2, 0.25) is 0 Å². The average molecular weight is 182 g/mol. The number of hydrogen-bond acceptors (Lipinski definition) is 3. The SMILES string of the molecule is NC1(c2n[nH]c(=O)[nH]2)CCCCC1. The summed E-state index contributed by atoms with van der Waals surface area (Å²) in [4.78, 5) is 13.5. The third-order valence-corrected chi connectivity index (χ3v) is 2.72. The smallest absolute Gasteiger partial charge is 0.319 e. The van der Waals surface area contributed by atoms with Gasteiger partial charge in [-0.1, -0.05) is 19.3 Å². The van der Waals surface area contributed by atoms with Gasteiger partial charge in [0.1, 0.15) is 0 Å². The van der Waals surface area contributed by atoms with E-state index in [0.29, 0.717) is 5.82 Å². The number of nitrogens with zero attached hydrogens (tertiary/aromatic N) is 1. The fraction of sp³-hybridized carbons (Fsp3) is 0.750. The Morgan fingerprint density at radius 1 is 1.31 bits per heavy atom. The first-order valence-corrected chi connectivity index (χ1v) is 4.65. The molecule has 5 nitrogen and oxygen atoms in total. The first-order valence-electron chi connectivity index (χ1n) is 4.65. The van der Waals surface area contributed by atoms with E-state index in [1.165, 1.54) is 6.42 Å². The maximum atomic E-state index is 10.8. The van der Waals surface area contributed by atoms with Crippen LogP contribution in [-0.4, -0.2) is 15.2 Å². The molecule has 0 bridgehead atoms. The summed E-state index contributed by atoms with van der Waals surface area (Å²) < 4.78 is 0. The average Bonchev–Trinajstić information content (AvgIpc) is 2.54. The Morgan fingerprint density at radius 2 is 2.00 bits per heavy atom. The lowest BCUT2D eigenvalue weighted by molar-refractivity contribution is 0.287. The Hall–Kier alpha value is -1.10. The van der Waals surface area contributed by atoms with Crippen LogP contribution in [0.25, 0.3) is 0 Å². The number of nitrogens with one attached hydrogen (secondary N) is 2. The highest BCUT2D eigenvalue weighted by atomic mass is 16.1. The fourth-order valence-electron chi connectivity index (χ4n) is 1.93. The van der Waals surface area contributed by atoms with Crippen molar-refractivity contribution in [3.05, 3.63) is 16.3 Å². The number of nitrogens with two attached hydrogens (primary N) is 1. The lowest BCUT2D eigenvalue weighted by atomic mass is 9.82. The fourth-order valence-corrected chi connectivity index (χ4v) is 1.93. The zero-order valence-corrected chi connectivity index (χ0v) is 7.47. The third-order valence-electron chi connectivity index (χ3n) is 2.72. The first-order chi connectivity index (χ1) is 6.21. The van der Waals surface area contributed by atoms with Crippen LogP contribution >= 0.6 is 0 Å². The van der Waals surface area contributed by atoms with Crippen molar-refractivity contribution in [2.75, 3.05) is 0 Å². The van der Waals surface area contributed by atoms with E-state index in [9.17, 15) is 4.79 Å². The molecule has 1 aromatic rings. The molecule has 0 aromatic carbocycles. The van der Waals surface area contributed by atoms with E-state index in [0.717, 1.165) is 25.7 Å². The molecule has 72 valence electrons. The summed E-state index contributed by atoms with van der Waals surface area (Å²) in [6, 6.07) is 0. The molecule has 1 fully saturated rings. The Morgan fingerprint density at radius 3 is 2.54 bits per heavy atom. The lowest BCUT2D eigenvalue weighted by Crippen LogP contribution is -2.40. The van der Waals surface area contributed by atoms with Gasteiger partial charge in [0.05, 0.1) is 5.54 Å². The quantitative estimate of drug-likeness (QED) is 0.580. The predicted octanol–water partition coefficient (Wildman–Crippen LogP) is 0.216. The molecule has 4 N–H and O–H groups in total. The molecule has 1 heterocycles. The normalized spacial score (nSPS) is 21.6. The monoisotopic (exact) mass is 182 g/mol. The summed E-state index contributed by atoms with van der Waals surface area (Å²) in [7, 11) is 0. The number of aromatic nitrogens is 3. The van der Waals surface area contributed by atoms with Gasteiger partial charge in [0.15, 0.2) is 5.82 Å². The van der Waals surface area contributed by atoms with Crippen molar-refractivity contribution in [1.29, 1.82) is 0 Å². The number of rotatable bonds is 1. The maximum absolute atomic E-state index is 10.8. The topological polar surface area (TPSA) is 87.6 Å². The Labute approximate surface area is 75.7 Å². The third kappa shape index (κ3) is 1.51. The largest absolute Gasteiger partial charge is 0.340 e. The van der Waals surface area contributed by atoms with Crippen molar-refractivity contribution in [3.8, 4) is 0 Å². The minimum absolute atomic E-state index is 0.273. The maximum Gasteiger partial charge on any atom is 0.340 e. The van der Waals surface area contributed by atoms with E-state index in [1.807, 2.05) is 0 Å². The van der Waals surface area contributed by atoms with Crippen LogP contribution in [0.1, 0.15) is 37.9 Å². The summed E-state index contributed by atoms with van der Waals surface area (Å²) in [5.74, 6) is 0.609. The molecule has 0 amide bonds. The molecule has 1 aromatic heterocycles. The molecule has 1 saturated carbocycles. The molecule has 1 aliphatic carbocycles. The number of H-pyrrole nitrogens is 2. The van der Waals surface area contributed by atoms with Gasteiger partial charge >= 0.3 is 5.69 Å². The van der Waals surface area contributed by atoms with E-state index >= 15 is 0 Å². The Balaban J connectivity index is 2.27. The summed E-state index contributed by atoms with van der Waals surface area (Å²) in [6.45, 7) is 0. The zero-order valence-electron chi connectivity index (χ0n) is 7.47. The van der Waals surface area contributed by atoms with E-state index in [2.05, 4.69) is 15.2 Å². The number of aromatic amines is 2. The van der Waals surface area contributed by atoms with Crippen molar-refractivity contribution in [2.45, 2.75) is 37.6 Å². The van der Waals surface area contributed by atoms with Crippen LogP contribution in [0.2, 0.25) is 0 Å². The highest BCUT2D eigenvalue weighted by Crippen LogP contribution is 2.31. The van der Waals surface area contributed by atoms with Crippen LogP contribution in [0.15, 0.2) is 4.79 Å². The van der Waals surface area contributed by atoms with Crippen molar-refractivity contribution < 1.29 is 0 Å². The second-order valence-corrected chi connectivity index (χ2v) is 3.74. The molecule has 1 aliphatic rings. The van der Waals surface area contributed by atoms with Gasteiger partial charge in [-0.25, -0.2) is 9.89 Å². The van der Waals surface area contributed by atoms with Gasteiger partial charge in [-0.3, -0.25) is 4.98 Å². The highest BCUT2D eigenvalue weighted by molar-refractivity contribution is 5.03. The van der Waals surface area contributed by atoms with Gasteiger partial charge in [0.25, 0.3) is 0 Å². The lowest BCUT2D eigenvalue weighted by Gasteiger charge is -2.30. The van der Waals surface area contributed by atoms with Crippen molar-refractivity contribution >= 4 is 0 Å². The van der Waals surface area contributed by atoms with Crippen molar-refractivity contribution in [3.63, 3.8) is 0 Å². The molecular formula is C8H14N4O. The zero-order chi connectivity index (χ0) is 9.31. The van der Waals surface area contributed by atoms with E-state index in [1.54, 1.807) is 0 Å². The molecular weight excluding hydrogens is 168 g/mol. The van der Waals surface area contributed by atoms with Crippen molar-refractivity contribution in [1.82, 2.24) is 15.2 Å². The van der Waals surface area contributed by atoms with Gasteiger partial charge < -0.3 is 5.73 Å². The summed E-state index contributed by atoms with van der Waals surface area (Å²) in [5, 5.41) is 6.24. The molecule has 0 spiro atoms. The first kappa shape index (κ1) is 8.50. The highest BCUT2D eigenvalue weighted by Gasteiger charge is 2.32. The molecule has 0 aliphatic heterocycles. The molecule has 5 heteroatoms. The number of hydrogen-bond donors (Lipinski definition) is 3. The standard InChI is InChI=1S/C8H14N4O/c9-8(4-2-1-3-5-8)6-10-7(13)12-11-6/h1-5,9H2,(H2,10,11,12,13). The predicted molar refractivity (Wildman–Crippen MR) is 48.2 cm³/mol. The Bertz CT molecular complexity index is 334. The summed E-state index contributed by atoms with van der Waals surface area (Å²) in [6.07, 6.45) is 5.28. The second kappa shape index (κ2) is 2.99. The molecule has 13 heavy (non-hydrogen) atoms. The van der Waals surface area contributed by atoms with Crippen LogP contribution in [0, 0.1) is 0 Å². The molecule has 0 atom stereocenters. The van der Waals surface area contributed by atoms with Crippen LogP contribution in [0.5, 0.6) is 0 Å². The molecule has 0 saturated heterocycles. The van der Waals surface area contributed by atoms with Gasteiger partial charge in [-0.15, -0.1) is 0 Å². The van der Waals surface area contributed by atoms with Crippen LogP contribution in [0.4, 0.5) is 0 Å². The minimum atomic E-state index is -0.405. The van der Waals surface area contributed by atoms with Crippen LogP contribution < -0.4 is 11.4 Å². The van der Waals surface area contributed by atoms with E-state index in [-0.39, 0.29) is 5.69 Å². The molecule has 0 radical (unpaired) electrons. The van der Waals surface area contributed by atoms with E-state index < -0.39 is 5.54 Å². The summed E-state index contributed by atoms with van der Waals surface area (Å²) in [5.41, 5.74) is 5.46. The van der Waals surface area contributed by atoms with E-state index in [4.69, 9.17) is 5.73 Å². The van der Waals surface area contributed by atoms with Crippen LogP contribution in [0.3, 0.4) is 0 Å². The van der Waals surface area contributed by atoms with Crippen molar-refractivity contribution in [2.24, 2.45) is 5.73 Å². The minimum Gasteiger partial charge on any atom is -0.319 e. The molecule has 2 rings (SSSR count). The Kier molecular flexibility index (Phi) is 1.95. The van der Waals surface area contributed by atoms with Gasteiger partial charge in [-0.2, -0.15) is 5.10 Å². The second-order valence-electron chi connectivity index (χ2n) is 3.74. The molecule has 0 unspecified atom stereocenters. The summed E-state index contributed by atoms with van der Waals surface area (Å²) >= 11 is 0.